The first-order chi connectivity index (χ1) is 9.77. The fourth-order valence-corrected chi connectivity index (χ4v) is 1.83. The first-order valence-corrected chi connectivity index (χ1v) is 6.82. The molecule has 2 N–H and O–H groups in total. The van der Waals surface area contributed by atoms with Crippen LogP contribution >= 0.6 is 0 Å². The number of hydrogen-bond acceptors (Lipinski definition) is 4. The molecule has 5 nitrogen and oxygen atoms in total. The van der Waals surface area contributed by atoms with Crippen LogP contribution in [0.4, 0.5) is 5.69 Å². The van der Waals surface area contributed by atoms with Gasteiger partial charge in [-0.2, -0.15) is 0 Å². The molecule has 0 saturated heterocycles. The minimum Gasteiger partial charge on any atom is -0.506 e. The predicted octanol–water partition coefficient (Wildman–Crippen LogP) is 3.17. The summed E-state index contributed by atoms with van der Waals surface area (Å²) in [6, 6.07) is 6.60. The van der Waals surface area contributed by atoms with Crippen molar-refractivity contribution in [1.29, 1.82) is 0 Å². The SMILES string of the molecule is Cc1nc(C(C)(C)C)oc1CC(=O)Nc1ccccc1O. The van der Waals surface area contributed by atoms with E-state index in [1.54, 1.807) is 18.2 Å². The summed E-state index contributed by atoms with van der Waals surface area (Å²) in [6.45, 7) is 7.83. The maximum atomic E-state index is 12.0. The van der Waals surface area contributed by atoms with Crippen LogP contribution in [-0.2, 0) is 16.6 Å². The fourth-order valence-electron chi connectivity index (χ4n) is 1.83. The van der Waals surface area contributed by atoms with Gasteiger partial charge in [-0.15, -0.1) is 0 Å². The van der Waals surface area contributed by atoms with Crippen LogP contribution < -0.4 is 5.32 Å². The Balaban J connectivity index is 2.10. The van der Waals surface area contributed by atoms with E-state index in [-0.39, 0.29) is 23.5 Å². The van der Waals surface area contributed by atoms with Crippen LogP contribution in [0.2, 0.25) is 0 Å². The van der Waals surface area contributed by atoms with E-state index in [2.05, 4.69) is 10.3 Å². The molecular weight excluding hydrogens is 268 g/mol. The van der Waals surface area contributed by atoms with Gasteiger partial charge in [0.25, 0.3) is 0 Å². The van der Waals surface area contributed by atoms with Gasteiger partial charge in [0.1, 0.15) is 11.5 Å². The zero-order valence-corrected chi connectivity index (χ0v) is 12.7. The number of nitrogens with zero attached hydrogens (tertiary/aromatic N) is 1. The lowest BCUT2D eigenvalue weighted by Gasteiger charge is -2.12. The van der Waals surface area contributed by atoms with Crippen molar-refractivity contribution in [3.05, 3.63) is 41.6 Å². The highest BCUT2D eigenvalue weighted by atomic mass is 16.4. The monoisotopic (exact) mass is 288 g/mol. The molecule has 1 aromatic heterocycles. The number of carbonyl (C=O) groups excluding carboxylic acids is 1. The molecule has 0 bridgehead atoms. The predicted molar refractivity (Wildman–Crippen MR) is 80.4 cm³/mol. The molecule has 0 atom stereocenters. The molecule has 112 valence electrons. The van der Waals surface area contributed by atoms with E-state index in [1.807, 2.05) is 27.7 Å². The second-order valence-electron chi connectivity index (χ2n) is 6.02. The molecule has 2 rings (SSSR count). The van der Waals surface area contributed by atoms with E-state index in [4.69, 9.17) is 4.42 Å². The third-order valence-corrected chi connectivity index (χ3v) is 3.03. The molecular formula is C16H20N2O3. The molecule has 5 heteroatoms. The molecule has 1 amide bonds. The van der Waals surface area contributed by atoms with Gasteiger partial charge >= 0.3 is 0 Å². The van der Waals surface area contributed by atoms with Gasteiger partial charge in [0.05, 0.1) is 17.8 Å². The van der Waals surface area contributed by atoms with Gasteiger partial charge in [0.2, 0.25) is 5.91 Å². The van der Waals surface area contributed by atoms with Gasteiger partial charge < -0.3 is 14.8 Å². The van der Waals surface area contributed by atoms with Crippen molar-refractivity contribution in [3.63, 3.8) is 0 Å². The normalized spacial score (nSPS) is 11.4. The van der Waals surface area contributed by atoms with Crippen LogP contribution in [0.5, 0.6) is 5.75 Å². The van der Waals surface area contributed by atoms with Crippen molar-refractivity contribution < 1.29 is 14.3 Å². The number of phenols is 1. The lowest BCUT2D eigenvalue weighted by Crippen LogP contribution is -2.14. The third-order valence-electron chi connectivity index (χ3n) is 3.03. The van der Waals surface area contributed by atoms with E-state index in [0.29, 0.717) is 23.0 Å². The molecule has 1 aromatic carbocycles. The van der Waals surface area contributed by atoms with Gasteiger partial charge in [-0.3, -0.25) is 4.79 Å². The maximum Gasteiger partial charge on any atom is 0.232 e. The average molecular weight is 288 g/mol. The molecule has 2 aromatic rings. The molecule has 1 heterocycles. The second kappa shape index (κ2) is 5.60. The molecule has 0 unspecified atom stereocenters. The molecule has 0 radical (unpaired) electrons. The van der Waals surface area contributed by atoms with Crippen molar-refractivity contribution in [2.75, 3.05) is 5.32 Å². The highest BCUT2D eigenvalue weighted by molar-refractivity contribution is 5.93. The topological polar surface area (TPSA) is 75.4 Å². The van der Waals surface area contributed by atoms with Gasteiger partial charge in [0, 0.05) is 5.41 Å². The number of rotatable bonds is 3. The van der Waals surface area contributed by atoms with Gasteiger partial charge in [-0.05, 0) is 19.1 Å². The second-order valence-corrected chi connectivity index (χ2v) is 6.02. The van der Waals surface area contributed by atoms with Crippen LogP contribution in [0, 0.1) is 6.92 Å². The van der Waals surface area contributed by atoms with Gasteiger partial charge in [0.15, 0.2) is 5.89 Å². The Kier molecular flexibility index (Phi) is 4.02. The Morgan fingerprint density at radius 3 is 2.57 bits per heavy atom. The van der Waals surface area contributed by atoms with Crippen LogP contribution in [0.1, 0.15) is 38.1 Å². The summed E-state index contributed by atoms with van der Waals surface area (Å²) in [5.41, 5.74) is 0.903. The smallest absolute Gasteiger partial charge is 0.232 e. The molecule has 0 fully saturated rings. The molecule has 21 heavy (non-hydrogen) atoms. The van der Waals surface area contributed by atoms with E-state index in [1.165, 1.54) is 6.07 Å². The number of carbonyl (C=O) groups is 1. The summed E-state index contributed by atoms with van der Waals surface area (Å²) in [5, 5.41) is 12.3. The standard InChI is InChI=1S/C16H20N2O3/c1-10-13(21-15(17-10)16(2,3)4)9-14(20)18-11-7-5-6-8-12(11)19/h5-8,19H,9H2,1-4H3,(H,18,20). The number of anilines is 1. The largest absolute Gasteiger partial charge is 0.506 e. The first kappa shape index (κ1) is 15.1. The number of aromatic nitrogens is 1. The minimum atomic E-state index is -0.254. The van der Waals surface area contributed by atoms with Crippen LogP contribution in [0.25, 0.3) is 0 Å². The van der Waals surface area contributed by atoms with E-state index >= 15 is 0 Å². The molecule has 0 aliphatic rings. The number of aromatic hydroxyl groups is 1. The quantitative estimate of drug-likeness (QED) is 0.851. The fraction of sp³-hybridized carbons (Fsp3) is 0.375. The van der Waals surface area contributed by atoms with E-state index in [9.17, 15) is 9.90 Å². The van der Waals surface area contributed by atoms with E-state index in [0.717, 1.165) is 0 Å². The summed E-state index contributed by atoms with van der Waals surface area (Å²) < 4.78 is 5.68. The number of para-hydroxylation sites is 2. The number of phenolic OH excluding ortho intramolecular Hbond substituents is 1. The number of nitrogens with one attached hydrogen (secondary N) is 1. The molecule has 0 saturated carbocycles. The summed E-state index contributed by atoms with van der Waals surface area (Å²) in [5.74, 6) is 0.949. The highest BCUT2D eigenvalue weighted by Crippen LogP contribution is 2.25. The van der Waals surface area contributed by atoms with Crippen LogP contribution in [0.15, 0.2) is 28.7 Å². The Morgan fingerprint density at radius 2 is 2.00 bits per heavy atom. The minimum absolute atomic E-state index is 0.0375. The zero-order chi connectivity index (χ0) is 15.6. The third kappa shape index (κ3) is 3.62. The van der Waals surface area contributed by atoms with Crippen molar-refractivity contribution in [3.8, 4) is 5.75 Å². The van der Waals surface area contributed by atoms with Crippen LogP contribution in [-0.4, -0.2) is 16.0 Å². The zero-order valence-electron chi connectivity index (χ0n) is 12.7. The van der Waals surface area contributed by atoms with Crippen molar-refractivity contribution in [2.24, 2.45) is 0 Å². The summed E-state index contributed by atoms with van der Waals surface area (Å²) >= 11 is 0. The van der Waals surface area contributed by atoms with Gasteiger partial charge in [-0.1, -0.05) is 32.9 Å². The van der Waals surface area contributed by atoms with Crippen molar-refractivity contribution >= 4 is 11.6 Å². The molecule has 0 aliphatic carbocycles. The Hall–Kier alpha value is -2.30. The Morgan fingerprint density at radius 1 is 1.33 bits per heavy atom. The number of amides is 1. The Bertz CT molecular complexity index is 654. The lowest BCUT2D eigenvalue weighted by atomic mass is 9.97. The number of oxazole rings is 1. The van der Waals surface area contributed by atoms with Gasteiger partial charge in [-0.25, -0.2) is 4.98 Å². The summed E-state index contributed by atoms with van der Waals surface area (Å²) in [7, 11) is 0. The summed E-state index contributed by atoms with van der Waals surface area (Å²) in [4.78, 5) is 16.4. The number of hydrogen-bond donors (Lipinski definition) is 2. The number of aryl methyl sites for hydroxylation is 1. The Labute approximate surface area is 124 Å². The van der Waals surface area contributed by atoms with Crippen molar-refractivity contribution in [1.82, 2.24) is 4.98 Å². The number of benzene rings is 1. The molecule has 0 aliphatic heterocycles. The maximum absolute atomic E-state index is 12.0. The van der Waals surface area contributed by atoms with E-state index < -0.39 is 0 Å². The van der Waals surface area contributed by atoms with Crippen molar-refractivity contribution in [2.45, 2.75) is 39.5 Å². The van der Waals surface area contributed by atoms with Crippen LogP contribution in [0.3, 0.4) is 0 Å². The lowest BCUT2D eigenvalue weighted by molar-refractivity contribution is -0.115. The highest BCUT2D eigenvalue weighted by Gasteiger charge is 2.23. The molecule has 0 spiro atoms. The average Bonchev–Trinajstić information content (AvgIpc) is 2.74. The summed E-state index contributed by atoms with van der Waals surface area (Å²) in [6.07, 6.45) is 0.0866. The first-order valence-electron chi connectivity index (χ1n) is 6.82.